The van der Waals surface area contributed by atoms with E-state index in [1.165, 1.54) is 0 Å². The second kappa shape index (κ2) is 6.68. The van der Waals surface area contributed by atoms with Crippen molar-refractivity contribution in [1.29, 1.82) is 0 Å². The molecule has 0 saturated heterocycles. The van der Waals surface area contributed by atoms with Gasteiger partial charge in [-0.15, -0.1) is 0 Å². The van der Waals surface area contributed by atoms with Gasteiger partial charge in [0.15, 0.2) is 0 Å². The molecule has 0 bridgehead atoms. The van der Waals surface area contributed by atoms with E-state index in [-0.39, 0.29) is 35.1 Å². The molecule has 0 aromatic rings. The average molecular weight is 249 g/mol. The van der Waals surface area contributed by atoms with Crippen LogP contribution in [-0.2, 0) is 10.8 Å². The highest BCUT2D eigenvalue weighted by Crippen LogP contribution is 2.29. The highest BCUT2D eigenvalue weighted by atomic mass is 32.2. The van der Waals surface area contributed by atoms with E-state index in [1.54, 1.807) is 0 Å². The highest BCUT2D eigenvalue weighted by Gasteiger charge is 2.27. The van der Waals surface area contributed by atoms with Gasteiger partial charge in [-0.1, -0.05) is 18.7 Å². The maximum absolute atomic E-state index is 11.7. The van der Waals surface area contributed by atoms with Crippen molar-refractivity contribution in [1.82, 2.24) is 0 Å². The fourth-order valence-electron chi connectivity index (χ4n) is 0.690. The predicted octanol–water partition coefficient (Wildman–Crippen LogP) is 1.73. The van der Waals surface area contributed by atoms with Gasteiger partial charge >= 0.3 is 5.51 Å². The van der Waals surface area contributed by atoms with Gasteiger partial charge in [0.2, 0.25) is 0 Å². The molecule has 0 fully saturated rings. The lowest BCUT2D eigenvalue weighted by Crippen LogP contribution is -2.27. The Kier molecular flexibility index (Phi) is 6.80. The smallest absolute Gasteiger partial charge is 0.327 e. The maximum atomic E-state index is 11.7. The van der Waals surface area contributed by atoms with Crippen molar-refractivity contribution in [3.05, 3.63) is 0 Å². The van der Waals surface area contributed by atoms with Gasteiger partial charge in [0.05, 0.1) is 0 Å². The van der Waals surface area contributed by atoms with Crippen LogP contribution in [0.2, 0.25) is 0 Å². The molecule has 0 aromatic heterocycles. The van der Waals surface area contributed by atoms with E-state index in [0.29, 0.717) is 6.42 Å². The molecule has 0 heterocycles. The number of hydrogen-bond acceptors (Lipinski definition) is 3. The number of thioether (sulfide) groups is 1. The first-order chi connectivity index (χ1) is 6.35. The first-order valence-electron chi connectivity index (χ1n) is 4.16. The van der Waals surface area contributed by atoms with Gasteiger partial charge in [0, 0.05) is 34.1 Å². The Hall–Kier alpha value is 0.250. The largest absolute Gasteiger partial charge is 0.441 e. The van der Waals surface area contributed by atoms with Crippen LogP contribution in [0.5, 0.6) is 0 Å². The molecule has 2 atom stereocenters. The summed E-state index contributed by atoms with van der Waals surface area (Å²) in [6.45, 7) is 1.85. The van der Waals surface area contributed by atoms with Crippen LogP contribution in [0.15, 0.2) is 0 Å². The summed E-state index contributed by atoms with van der Waals surface area (Å²) in [5, 5.41) is 0. The predicted molar refractivity (Wildman–Crippen MR) is 54.7 cm³/mol. The van der Waals surface area contributed by atoms with E-state index in [4.69, 9.17) is 5.73 Å². The Balaban J connectivity index is 3.55. The summed E-state index contributed by atoms with van der Waals surface area (Å²) in [6.07, 6.45) is 0.693. The van der Waals surface area contributed by atoms with Gasteiger partial charge in [-0.2, -0.15) is 13.2 Å². The Labute approximate surface area is 88.3 Å². The van der Waals surface area contributed by atoms with Crippen molar-refractivity contribution in [3.8, 4) is 0 Å². The number of alkyl halides is 3. The number of nitrogens with two attached hydrogens (primary N) is 1. The third-order valence-corrected chi connectivity index (χ3v) is 3.95. The van der Waals surface area contributed by atoms with Gasteiger partial charge < -0.3 is 5.73 Å². The first-order valence-corrected chi connectivity index (χ1v) is 6.63. The minimum absolute atomic E-state index is 0.0534. The van der Waals surface area contributed by atoms with Crippen LogP contribution < -0.4 is 5.73 Å². The SMILES string of the molecule is CCC(N)CS(=O)CCSC(F)(F)F. The highest BCUT2D eigenvalue weighted by molar-refractivity contribution is 8.00. The molecule has 7 heteroatoms. The molecule has 0 spiro atoms. The van der Waals surface area contributed by atoms with Gasteiger partial charge in [0.1, 0.15) is 0 Å². The van der Waals surface area contributed by atoms with Crippen LogP contribution in [0.25, 0.3) is 0 Å². The van der Waals surface area contributed by atoms with Crippen LogP contribution in [0, 0.1) is 0 Å². The van der Waals surface area contributed by atoms with Crippen LogP contribution in [0.3, 0.4) is 0 Å². The van der Waals surface area contributed by atoms with Crippen LogP contribution in [-0.4, -0.2) is 33.0 Å². The molecule has 0 aliphatic heterocycles. The zero-order valence-corrected chi connectivity index (χ0v) is 9.47. The summed E-state index contributed by atoms with van der Waals surface area (Å²) >= 11 is -0.137. The Morgan fingerprint density at radius 1 is 1.50 bits per heavy atom. The molecule has 2 nitrogen and oxygen atoms in total. The van der Waals surface area contributed by atoms with E-state index >= 15 is 0 Å². The average Bonchev–Trinajstić information content (AvgIpc) is 2.01. The fraction of sp³-hybridized carbons (Fsp3) is 1.00. The minimum Gasteiger partial charge on any atom is -0.327 e. The van der Waals surface area contributed by atoms with Crippen LogP contribution in [0.1, 0.15) is 13.3 Å². The zero-order valence-electron chi connectivity index (χ0n) is 7.84. The number of rotatable bonds is 6. The molecular weight excluding hydrogens is 235 g/mol. The molecule has 86 valence electrons. The van der Waals surface area contributed by atoms with Crippen molar-refractivity contribution in [2.45, 2.75) is 24.9 Å². The molecule has 0 amide bonds. The van der Waals surface area contributed by atoms with E-state index in [1.807, 2.05) is 6.92 Å². The van der Waals surface area contributed by atoms with Crippen molar-refractivity contribution in [3.63, 3.8) is 0 Å². The summed E-state index contributed by atoms with van der Waals surface area (Å²) in [6, 6.07) is -0.174. The lowest BCUT2D eigenvalue weighted by atomic mass is 10.3. The van der Waals surface area contributed by atoms with Crippen LogP contribution in [0.4, 0.5) is 13.2 Å². The third kappa shape index (κ3) is 8.83. The quantitative estimate of drug-likeness (QED) is 0.779. The lowest BCUT2D eigenvalue weighted by molar-refractivity contribution is -0.0326. The summed E-state index contributed by atoms with van der Waals surface area (Å²) in [4.78, 5) is 0. The molecule has 0 saturated carbocycles. The monoisotopic (exact) mass is 249 g/mol. The summed E-state index contributed by atoms with van der Waals surface area (Å²) in [7, 11) is -1.23. The molecule has 0 aliphatic carbocycles. The molecule has 0 radical (unpaired) electrons. The fourth-order valence-corrected chi connectivity index (χ4v) is 2.88. The third-order valence-electron chi connectivity index (χ3n) is 1.50. The first kappa shape index (κ1) is 14.2. The molecule has 0 aliphatic rings. The van der Waals surface area contributed by atoms with Crippen molar-refractivity contribution < 1.29 is 17.4 Å². The Morgan fingerprint density at radius 2 is 2.07 bits per heavy atom. The van der Waals surface area contributed by atoms with Crippen molar-refractivity contribution >= 4 is 22.6 Å². The van der Waals surface area contributed by atoms with Crippen molar-refractivity contribution in [2.24, 2.45) is 5.73 Å². The molecule has 0 rings (SSSR count). The van der Waals surface area contributed by atoms with Crippen LogP contribution >= 0.6 is 11.8 Å². The molecule has 2 unspecified atom stereocenters. The number of hydrogen-bond donors (Lipinski definition) is 1. The summed E-state index contributed by atoms with van der Waals surface area (Å²) in [5.74, 6) is 0.180. The Morgan fingerprint density at radius 3 is 2.50 bits per heavy atom. The molecule has 2 N–H and O–H groups in total. The van der Waals surface area contributed by atoms with Gasteiger partial charge in [-0.25, -0.2) is 0 Å². The van der Waals surface area contributed by atoms with E-state index < -0.39 is 16.3 Å². The molecule has 14 heavy (non-hydrogen) atoms. The Bertz CT molecular complexity index is 186. The maximum Gasteiger partial charge on any atom is 0.441 e. The van der Waals surface area contributed by atoms with Crippen molar-refractivity contribution in [2.75, 3.05) is 17.3 Å². The topological polar surface area (TPSA) is 43.1 Å². The zero-order chi connectivity index (χ0) is 11.2. The second-order valence-corrected chi connectivity index (χ2v) is 5.55. The van der Waals surface area contributed by atoms with E-state index in [0.717, 1.165) is 0 Å². The molecule has 0 aromatic carbocycles. The normalized spacial score (nSPS) is 16.6. The second-order valence-electron chi connectivity index (χ2n) is 2.77. The molecular formula is C7H14F3NOS2. The minimum atomic E-state index is -4.23. The summed E-state index contributed by atoms with van der Waals surface area (Å²) < 4.78 is 46.2. The standard InChI is InChI=1S/C7H14F3NOS2/c1-2-6(11)5-14(12)4-3-13-7(8,9)10/h6H,2-5,11H2,1H3. The summed E-state index contributed by atoms with van der Waals surface area (Å²) in [5.41, 5.74) is 1.28. The lowest BCUT2D eigenvalue weighted by Gasteiger charge is -2.08. The van der Waals surface area contributed by atoms with Gasteiger partial charge in [0.25, 0.3) is 0 Å². The van der Waals surface area contributed by atoms with E-state index in [2.05, 4.69) is 0 Å². The van der Waals surface area contributed by atoms with Gasteiger partial charge in [-0.3, -0.25) is 4.21 Å². The van der Waals surface area contributed by atoms with E-state index in [9.17, 15) is 17.4 Å². The van der Waals surface area contributed by atoms with Gasteiger partial charge in [-0.05, 0) is 6.42 Å². The number of halogens is 3.